The summed E-state index contributed by atoms with van der Waals surface area (Å²) in [5.74, 6) is -2.68. The third-order valence-corrected chi connectivity index (χ3v) is 5.08. The molecule has 0 spiro atoms. The molecule has 5 aromatic rings. The van der Waals surface area contributed by atoms with Crippen LogP contribution >= 0.6 is 0 Å². The van der Waals surface area contributed by atoms with E-state index in [-0.39, 0.29) is 12.1 Å². The topological polar surface area (TPSA) is 107 Å². The van der Waals surface area contributed by atoms with Gasteiger partial charge < -0.3 is 9.73 Å². The van der Waals surface area contributed by atoms with E-state index in [9.17, 15) is 17.6 Å². The number of anilines is 1. The molecule has 0 saturated heterocycles. The van der Waals surface area contributed by atoms with Crippen molar-refractivity contribution in [3.63, 3.8) is 0 Å². The van der Waals surface area contributed by atoms with Crippen LogP contribution in [0.5, 0.6) is 0 Å². The first kappa shape index (κ1) is 22.4. The minimum absolute atomic E-state index is 0.0286. The Morgan fingerprint density at radius 2 is 1.91 bits per heavy atom. The van der Waals surface area contributed by atoms with E-state index in [0.717, 1.165) is 28.6 Å². The zero-order valence-electron chi connectivity index (χ0n) is 18.1. The number of nitrogens with zero attached hydrogens (tertiary/aromatic N) is 7. The largest absolute Gasteiger partial charge is 0.415 e. The van der Waals surface area contributed by atoms with Gasteiger partial charge in [-0.25, -0.2) is 23.4 Å². The van der Waals surface area contributed by atoms with Gasteiger partial charge in [0.05, 0.1) is 23.8 Å². The lowest BCUT2D eigenvalue weighted by Gasteiger charge is -2.06. The van der Waals surface area contributed by atoms with Gasteiger partial charge in [-0.1, -0.05) is 11.3 Å². The van der Waals surface area contributed by atoms with Gasteiger partial charge in [-0.15, -0.1) is 15.3 Å². The summed E-state index contributed by atoms with van der Waals surface area (Å²) in [5.41, 5.74) is 1.58. The molecular formula is C22H16F4N8O. The molecule has 35 heavy (non-hydrogen) atoms. The monoisotopic (exact) mass is 484 g/mol. The molecule has 3 aromatic heterocycles. The van der Waals surface area contributed by atoms with Crippen molar-refractivity contribution in [2.75, 3.05) is 11.9 Å². The SMILES string of the molecule is CCNc1ncc2cc(-c3cn(Cc4cc(F)c(-c5nnc(C(F)F)o5)cc4F)nn3)ccc2n1. The molecule has 0 aliphatic heterocycles. The Kier molecular flexibility index (Phi) is 5.81. The molecule has 0 bridgehead atoms. The van der Waals surface area contributed by atoms with Crippen LogP contribution in [0.2, 0.25) is 0 Å². The van der Waals surface area contributed by atoms with Gasteiger partial charge in [0.2, 0.25) is 5.95 Å². The Hall–Kier alpha value is -4.42. The maximum Gasteiger partial charge on any atom is 0.314 e. The Morgan fingerprint density at radius 3 is 2.69 bits per heavy atom. The molecule has 1 N–H and O–H groups in total. The molecule has 5 rings (SSSR count). The van der Waals surface area contributed by atoms with Crippen molar-refractivity contribution in [3.05, 3.63) is 65.8 Å². The third-order valence-electron chi connectivity index (χ3n) is 5.08. The van der Waals surface area contributed by atoms with E-state index in [1.165, 1.54) is 4.68 Å². The summed E-state index contributed by atoms with van der Waals surface area (Å²) in [6, 6.07) is 7.25. The molecular weight excluding hydrogens is 468 g/mol. The first-order valence-corrected chi connectivity index (χ1v) is 10.4. The van der Waals surface area contributed by atoms with Crippen molar-refractivity contribution in [2.45, 2.75) is 19.9 Å². The van der Waals surface area contributed by atoms with Gasteiger partial charge in [0.1, 0.15) is 17.3 Å². The molecule has 0 aliphatic carbocycles. The Labute approximate surface area is 194 Å². The summed E-state index contributed by atoms with van der Waals surface area (Å²) in [4.78, 5) is 8.68. The van der Waals surface area contributed by atoms with Crippen LogP contribution in [-0.4, -0.2) is 41.7 Å². The van der Waals surface area contributed by atoms with E-state index in [1.807, 2.05) is 25.1 Å². The number of rotatable bonds is 7. The number of aromatic nitrogens is 7. The second kappa shape index (κ2) is 9.08. The second-order valence-electron chi connectivity index (χ2n) is 7.47. The lowest BCUT2D eigenvalue weighted by molar-refractivity contribution is 0.116. The normalized spacial score (nSPS) is 11.5. The molecule has 9 nitrogen and oxygen atoms in total. The molecule has 0 amide bonds. The van der Waals surface area contributed by atoms with Crippen LogP contribution in [0.4, 0.5) is 23.5 Å². The highest BCUT2D eigenvalue weighted by Crippen LogP contribution is 2.28. The van der Waals surface area contributed by atoms with Gasteiger partial charge in [-0.2, -0.15) is 8.78 Å². The van der Waals surface area contributed by atoms with Gasteiger partial charge in [-0.05, 0) is 31.2 Å². The molecule has 0 unspecified atom stereocenters. The van der Waals surface area contributed by atoms with Gasteiger partial charge in [0.15, 0.2) is 0 Å². The summed E-state index contributed by atoms with van der Waals surface area (Å²) in [7, 11) is 0. The van der Waals surface area contributed by atoms with E-state index in [1.54, 1.807) is 12.4 Å². The minimum Gasteiger partial charge on any atom is -0.415 e. The van der Waals surface area contributed by atoms with Crippen LogP contribution in [0, 0.1) is 11.6 Å². The third kappa shape index (κ3) is 4.52. The Bertz CT molecular complexity index is 1520. The van der Waals surface area contributed by atoms with Crippen molar-refractivity contribution in [3.8, 4) is 22.7 Å². The fourth-order valence-corrected chi connectivity index (χ4v) is 3.42. The van der Waals surface area contributed by atoms with Crippen LogP contribution < -0.4 is 5.32 Å². The summed E-state index contributed by atoms with van der Waals surface area (Å²) in [6.07, 6.45) is 0.269. The average molecular weight is 484 g/mol. The van der Waals surface area contributed by atoms with Crippen molar-refractivity contribution in [1.29, 1.82) is 0 Å². The maximum atomic E-state index is 14.7. The molecule has 3 heterocycles. The van der Waals surface area contributed by atoms with Gasteiger partial charge in [0.25, 0.3) is 11.8 Å². The number of alkyl halides is 2. The van der Waals surface area contributed by atoms with Crippen molar-refractivity contribution >= 4 is 16.9 Å². The molecule has 0 radical (unpaired) electrons. The number of fused-ring (bicyclic) bond motifs is 1. The smallest absolute Gasteiger partial charge is 0.314 e. The lowest BCUT2D eigenvalue weighted by Crippen LogP contribution is -2.04. The van der Waals surface area contributed by atoms with Crippen molar-refractivity contribution < 1.29 is 22.0 Å². The van der Waals surface area contributed by atoms with E-state index in [2.05, 4.69) is 35.8 Å². The average Bonchev–Trinajstić information content (AvgIpc) is 3.51. The molecule has 0 saturated carbocycles. The summed E-state index contributed by atoms with van der Waals surface area (Å²) in [5, 5.41) is 18.4. The number of nitrogens with one attached hydrogen (secondary N) is 1. The van der Waals surface area contributed by atoms with Gasteiger partial charge in [0, 0.05) is 29.3 Å². The van der Waals surface area contributed by atoms with Crippen LogP contribution in [0.25, 0.3) is 33.6 Å². The van der Waals surface area contributed by atoms with E-state index >= 15 is 0 Å². The first-order chi connectivity index (χ1) is 16.9. The van der Waals surface area contributed by atoms with Gasteiger partial charge >= 0.3 is 6.43 Å². The van der Waals surface area contributed by atoms with Crippen molar-refractivity contribution in [1.82, 2.24) is 35.2 Å². The van der Waals surface area contributed by atoms with Gasteiger partial charge in [-0.3, -0.25) is 0 Å². The molecule has 0 atom stereocenters. The maximum absolute atomic E-state index is 14.7. The highest BCUT2D eigenvalue weighted by atomic mass is 19.3. The zero-order valence-corrected chi connectivity index (χ0v) is 18.1. The van der Waals surface area contributed by atoms with E-state index in [4.69, 9.17) is 4.42 Å². The molecule has 0 aliphatic rings. The number of benzene rings is 2. The highest BCUT2D eigenvalue weighted by molar-refractivity contribution is 5.83. The Balaban J connectivity index is 1.37. The molecule has 2 aromatic carbocycles. The fourth-order valence-electron chi connectivity index (χ4n) is 3.42. The summed E-state index contributed by atoms with van der Waals surface area (Å²) in [6.45, 7) is 2.54. The summed E-state index contributed by atoms with van der Waals surface area (Å²) < 4.78 is 60.6. The lowest BCUT2D eigenvalue weighted by atomic mass is 10.1. The molecule has 13 heteroatoms. The number of hydrogen-bond donors (Lipinski definition) is 1. The summed E-state index contributed by atoms with van der Waals surface area (Å²) >= 11 is 0. The van der Waals surface area contributed by atoms with Crippen LogP contribution in [0.15, 0.2) is 47.1 Å². The number of hydrogen-bond acceptors (Lipinski definition) is 8. The minimum atomic E-state index is -3.02. The van der Waals surface area contributed by atoms with Crippen LogP contribution in [0.1, 0.15) is 24.8 Å². The molecule has 0 fully saturated rings. The quantitative estimate of drug-likeness (QED) is 0.333. The zero-order chi connectivity index (χ0) is 24.5. The first-order valence-electron chi connectivity index (χ1n) is 10.4. The molecule has 178 valence electrons. The highest BCUT2D eigenvalue weighted by Gasteiger charge is 2.21. The van der Waals surface area contributed by atoms with Crippen molar-refractivity contribution in [2.24, 2.45) is 0 Å². The standard InChI is InChI=1S/C22H16F4N8O/c1-2-27-22-28-8-12-5-11(3-4-17(12)29-22)18-10-34(33-30-18)9-13-6-16(24)14(7-15(13)23)20-31-32-21(35-20)19(25)26/h3-8,10,19H,2,9H2,1H3,(H,27,28,29). The Morgan fingerprint density at radius 1 is 1.06 bits per heavy atom. The van der Waals surface area contributed by atoms with E-state index < -0.39 is 35.4 Å². The number of halogens is 4. The predicted octanol–water partition coefficient (Wildman–Crippen LogP) is 4.63. The van der Waals surface area contributed by atoms with Crippen LogP contribution in [0.3, 0.4) is 0 Å². The fraction of sp³-hybridized carbons (Fsp3) is 0.182. The predicted molar refractivity (Wildman–Crippen MR) is 116 cm³/mol. The second-order valence-corrected chi connectivity index (χ2v) is 7.47. The van der Waals surface area contributed by atoms with Crippen LogP contribution in [-0.2, 0) is 6.54 Å². The van der Waals surface area contributed by atoms with E-state index in [0.29, 0.717) is 18.2 Å².